The number of rotatable bonds is 5. The van der Waals surface area contributed by atoms with E-state index in [9.17, 15) is 4.79 Å². The minimum absolute atomic E-state index is 0.191. The molecule has 0 aliphatic carbocycles. The number of hydrogen-bond donors (Lipinski definition) is 2. The first-order chi connectivity index (χ1) is 11.3. The molecule has 3 rings (SSSR count). The number of anilines is 1. The number of nitrogens with one attached hydrogen (secondary N) is 2. The molecule has 0 bridgehead atoms. The van der Waals surface area contributed by atoms with Crippen molar-refractivity contribution in [3.8, 4) is 23.0 Å². The van der Waals surface area contributed by atoms with E-state index in [0.29, 0.717) is 28.8 Å². The fourth-order valence-electron chi connectivity index (χ4n) is 2.02. The molecule has 0 radical (unpaired) electrons. The van der Waals surface area contributed by atoms with E-state index in [1.54, 1.807) is 37.7 Å². The van der Waals surface area contributed by atoms with Crippen LogP contribution >= 0.6 is 0 Å². The summed E-state index contributed by atoms with van der Waals surface area (Å²) < 4.78 is 5.35. The van der Waals surface area contributed by atoms with Crippen molar-refractivity contribution in [2.24, 2.45) is 0 Å². The summed E-state index contributed by atoms with van der Waals surface area (Å²) in [6, 6.07) is 10.7. The third-order valence-corrected chi connectivity index (χ3v) is 3.00. The summed E-state index contributed by atoms with van der Waals surface area (Å²) in [7, 11) is 1.70. The van der Waals surface area contributed by atoms with E-state index in [4.69, 9.17) is 4.42 Å². The van der Waals surface area contributed by atoms with Gasteiger partial charge in [-0.05, 0) is 31.3 Å². The SMILES string of the molecule is CNCC(=O)Nc1cc(-c2ccccn2)nc(-c2ccco2)n1. The molecule has 23 heavy (non-hydrogen) atoms. The maximum Gasteiger partial charge on any atom is 0.239 e. The van der Waals surface area contributed by atoms with Gasteiger partial charge in [0.05, 0.1) is 24.2 Å². The van der Waals surface area contributed by atoms with Crippen molar-refractivity contribution in [1.29, 1.82) is 0 Å². The number of hydrogen-bond acceptors (Lipinski definition) is 6. The highest BCUT2D eigenvalue weighted by atomic mass is 16.3. The van der Waals surface area contributed by atoms with Gasteiger partial charge in [-0.3, -0.25) is 9.78 Å². The number of amides is 1. The highest BCUT2D eigenvalue weighted by Gasteiger charge is 2.12. The van der Waals surface area contributed by atoms with Crippen molar-refractivity contribution in [2.45, 2.75) is 0 Å². The third-order valence-electron chi connectivity index (χ3n) is 3.00. The van der Waals surface area contributed by atoms with Crippen molar-refractivity contribution >= 4 is 11.7 Å². The van der Waals surface area contributed by atoms with Crippen molar-refractivity contribution < 1.29 is 9.21 Å². The molecule has 0 aliphatic rings. The van der Waals surface area contributed by atoms with Gasteiger partial charge in [-0.15, -0.1) is 0 Å². The lowest BCUT2D eigenvalue weighted by atomic mass is 10.2. The zero-order valence-electron chi connectivity index (χ0n) is 12.5. The molecular formula is C16H15N5O2. The minimum atomic E-state index is -0.191. The van der Waals surface area contributed by atoms with Crippen LogP contribution in [0.3, 0.4) is 0 Å². The van der Waals surface area contributed by atoms with E-state index in [0.717, 1.165) is 0 Å². The first kappa shape index (κ1) is 14.9. The molecule has 7 heteroatoms. The van der Waals surface area contributed by atoms with E-state index in [1.807, 2.05) is 18.2 Å². The number of likely N-dealkylation sites (N-methyl/N-ethyl adjacent to an activating group) is 1. The Morgan fingerprint density at radius 1 is 1.17 bits per heavy atom. The number of furan rings is 1. The molecule has 3 aromatic heterocycles. The molecule has 0 fully saturated rings. The first-order valence-corrected chi connectivity index (χ1v) is 7.05. The molecule has 0 saturated heterocycles. The van der Waals surface area contributed by atoms with Gasteiger partial charge in [-0.25, -0.2) is 9.97 Å². The summed E-state index contributed by atoms with van der Waals surface area (Å²) in [6.45, 7) is 0.193. The number of carbonyl (C=O) groups excluding carboxylic acids is 1. The smallest absolute Gasteiger partial charge is 0.239 e. The van der Waals surface area contributed by atoms with E-state index in [2.05, 4.69) is 25.6 Å². The van der Waals surface area contributed by atoms with Crippen molar-refractivity contribution in [1.82, 2.24) is 20.3 Å². The molecule has 0 saturated carbocycles. The monoisotopic (exact) mass is 309 g/mol. The summed E-state index contributed by atoms with van der Waals surface area (Å²) in [5.74, 6) is 1.11. The van der Waals surface area contributed by atoms with Crippen molar-refractivity contribution in [3.63, 3.8) is 0 Å². The van der Waals surface area contributed by atoms with Crippen LogP contribution in [0.25, 0.3) is 23.0 Å². The van der Waals surface area contributed by atoms with Crippen LogP contribution in [-0.4, -0.2) is 34.5 Å². The zero-order valence-corrected chi connectivity index (χ0v) is 12.5. The quantitative estimate of drug-likeness (QED) is 0.748. The van der Waals surface area contributed by atoms with Gasteiger partial charge in [0, 0.05) is 12.3 Å². The molecule has 116 valence electrons. The van der Waals surface area contributed by atoms with E-state index in [1.165, 1.54) is 0 Å². The van der Waals surface area contributed by atoms with Crippen LogP contribution in [0, 0.1) is 0 Å². The van der Waals surface area contributed by atoms with Crippen LogP contribution in [0.4, 0.5) is 5.82 Å². The minimum Gasteiger partial charge on any atom is -0.461 e. The highest BCUT2D eigenvalue weighted by Crippen LogP contribution is 2.23. The Hall–Kier alpha value is -3.06. The number of carbonyl (C=O) groups is 1. The highest BCUT2D eigenvalue weighted by molar-refractivity contribution is 5.92. The summed E-state index contributed by atoms with van der Waals surface area (Å²) in [5.41, 5.74) is 1.29. The number of aromatic nitrogens is 3. The molecular weight excluding hydrogens is 294 g/mol. The van der Waals surface area contributed by atoms with Gasteiger partial charge in [0.25, 0.3) is 0 Å². The Morgan fingerprint density at radius 2 is 2.09 bits per heavy atom. The molecule has 3 aromatic rings. The number of pyridine rings is 1. The Kier molecular flexibility index (Phi) is 4.39. The van der Waals surface area contributed by atoms with Crippen LogP contribution in [0.15, 0.2) is 53.3 Å². The molecule has 2 N–H and O–H groups in total. The molecule has 0 atom stereocenters. The van der Waals surface area contributed by atoms with Crippen molar-refractivity contribution in [2.75, 3.05) is 18.9 Å². The lowest BCUT2D eigenvalue weighted by Crippen LogP contribution is -2.25. The standard InChI is InChI=1S/C16H15N5O2/c1-17-10-15(22)20-14-9-12(11-5-2-3-7-18-11)19-16(21-14)13-6-4-8-23-13/h2-9,17H,10H2,1H3,(H,19,20,21,22). The Balaban J connectivity index is 2.02. The Bertz CT molecular complexity index is 787. The Labute approximate surface area is 132 Å². The summed E-state index contributed by atoms with van der Waals surface area (Å²) in [6.07, 6.45) is 3.23. The Morgan fingerprint density at radius 3 is 2.78 bits per heavy atom. The van der Waals surface area contributed by atoms with Gasteiger partial charge in [0.2, 0.25) is 5.91 Å². The van der Waals surface area contributed by atoms with Gasteiger partial charge in [-0.1, -0.05) is 6.07 Å². The van der Waals surface area contributed by atoms with Crippen LogP contribution in [0.2, 0.25) is 0 Å². The average molecular weight is 309 g/mol. The van der Waals surface area contributed by atoms with Gasteiger partial charge in [-0.2, -0.15) is 0 Å². The second kappa shape index (κ2) is 6.80. The van der Waals surface area contributed by atoms with Gasteiger partial charge < -0.3 is 15.1 Å². The molecule has 0 aliphatic heterocycles. The lowest BCUT2D eigenvalue weighted by Gasteiger charge is -2.08. The fourth-order valence-corrected chi connectivity index (χ4v) is 2.02. The largest absolute Gasteiger partial charge is 0.461 e. The van der Waals surface area contributed by atoms with Gasteiger partial charge in [0.15, 0.2) is 11.6 Å². The molecule has 7 nitrogen and oxygen atoms in total. The van der Waals surface area contributed by atoms with E-state index >= 15 is 0 Å². The molecule has 3 heterocycles. The second-order valence-electron chi connectivity index (χ2n) is 4.73. The topological polar surface area (TPSA) is 92.9 Å². The fraction of sp³-hybridized carbons (Fsp3) is 0.125. The summed E-state index contributed by atoms with van der Waals surface area (Å²) in [5, 5.41) is 5.52. The van der Waals surface area contributed by atoms with Crippen molar-refractivity contribution in [3.05, 3.63) is 48.9 Å². The van der Waals surface area contributed by atoms with Gasteiger partial charge >= 0.3 is 0 Å². The second-order valence-corrected chi connectivity index (χ2v) is 4.73. The van der Waals surface area contributed by atoms with E-state index in [-0.39, 0.29) is 12.5 Å². The first-order valence-electron chi connectivity index (χ1n) is 7.05. The molecule has 0 unspecified atom stereocenters. The average Bonchev–Trinajstić information content (AvgIpc) is 3.10. The van der Waals surface area contributed by atoms with Crippen LogP contribution in [0.1, 0.15) is 0 Å². The molecule has 1 amide bonds. The number of nitrogens with zero attached hydrogens (tertiary/aromatic N) is 3. The molecule has 0 spiro atoms. The predicted molar refractivity (Wildman–Crippen MR) is 85.5 cm³/mol. The maximum absolute atomic E-state index is 11.8. The van der Waals surface area contributed by atoms with Crippen LogP contribution in [-0.2, 0) is 4.79 Å². The summed E-state index contributed by atoms with van der Waals surface area (Å²) in [4.78, 5) is 24.9. The lowest BCUT2D eigenvalue weighted by molar-refractivity contribution is -0.115. The van der Waals surface area contributed by atoms with Crippen LogP contribution < -0.4 is 10.6 Å². The normalized spacial score (nSPS) is 10.5. The predicted octanol–water partition coefficient (Wildman–Crippen LogP) is 1.96. The maximum atomic E-state index is 11.8. The van der Waals surface area contributed by atoms with E-state index < -0.39 is 0 Å². The molecule has 0 aromatic carbocycles. The summed E-state index contributed by atoms with van der Waals surface area (Å²) >= 11 is 0. The third kappa shape index (κ3) is 3.58. The zero-order chi connectivity index (χ0) is 16.1. The van der Waals surface area contributed by atoms with Crippen LogP contribution in [0.5, 0.6) is 0 Å². The van der Waals surface area contributed by atoms with Gasteiger partial charge in [0.1, 0.15) is 5.82 Å².